The van der Waals surface area contributed by atoms with Crippen molar-refractivity contribution in [3.8, 4) is 0 Å². The fraction of sp³-hybridized carbons (Fsp3) is 0.632. The third-order valence-electron chi connectivity index (χ3n) is 4.72. The van der Waals surface area contributed by atoms with Crippen molar-refractivity contribution in [2.75, 3.05) is 32.9 Å². The average Bonchev–Trinajstić information content (AvgIpc) is 2.78. The van der Waals surface area contributed by atoms with Crippen LogP contribution in [0.4, 0.5) is 4.79 Å². The van der Waals surface area contributed by atoms with Crippen LogP contribution in [0.3, 0.4) is 0 Å². The van der Waals surface area contributed by atoms with E-state index in [-0.39, 0.29) is 56.5 Å². The maximum absolute atomic E-state index is 11.8. The zero-order valence-corrected chi connectivity index (χ0v) is 17.3. The third kappa shape index (κ3) is 5.96. The van der Waals surface area contributed by atoms with E-state index in [9.17, 15) is 9.90 Å². The molecule has 1 fully saturated rings. The lowest BCUT2D eigenvalue weighted by molar-refractivity contribution is -0.0965. The van der Waals surface area contributed by atoms with Gasteiger partial charge in [0.2, 0.25) is 0 Å². The Kier molecular flexibility index (Phi) is 7.77. The van der Waals surface area contributed by atoms with Gasteiger partial charge in [0.1, 0.15) is 0 Å². The molecule has 1 aliphatic rings. The molecule has 0 aliphatic carbocycles. The molecular weight excluding hydrogens is 393 g/mol. The predicted molar refractivity (Wildman–Crippen MR) is 105 cm³/mol. The summed E-state index contributed by atoms with van der Waals surface area (Å²) in [7, 11) is 0. The molecule has 1 aromatic carbocycles. The molecule has 0 unspecified atom stereocenters. The van der Waals surface area contributed by atoms with Crippen LogP contribution >= 0.6 is 23.2 Å². The minimum atomic E-state index is -0.991. The van der Waals surface area contributed by atoms with Gasteiger partial charge in [-0.2, -0.15) is 0 Å². The highest BCUT2D eigenvalue weighted by molar-refractivity contribution is 6.42. The topological polar surface area (TPSA) is 79.2 Å². The smallest absolute Gasteiger partial charge is 0.407 e. The Morgan fingerprint density at radius 1 is 1.30 bits per heavy atom. The molecule has 0 spiro atoms. The Hall–Kier alpha value is -1.05. The molecule has 0 radical (unpaired) electrons. The van der Waals surface area contributed by atoms with Crippen LogP contribution in [0.25, 0.3) is 0 Å². The highest BCUT2D eigenvalue weighted by Crippen LogP contribution is 2.35. The molecule has 1 saturated heterocycles. The zero-order chi connectivity index (χ0) is 20.2. The SMILES string of the molecule is CC(C)(C)[C@@H]1CN(C(=O)O)C[C@H](c2ccc(Cl)c(Cl)c2)[C@@H](COCCO)O1. The third-order valence-corrected chi connectivity index (χ3v) is 5.46. The average molecular weight is 420 g/mol. The van der Waals surface area contributed by atoms with Crippen LogP contribution < -0.4 is 0 Å². The molecule has 0 bridgehead atoms. The van der Waals surface area contributed by atoms with E-state index in [0.717, 1.165) is 5.56 Å². The van der Waals surface area contributed by atoms with Crippen LogP contribution in [0.2, 0.25) is 10.0 Å². The van der Waals surface area contributed by atoms with Gasteiger partial charge in [0.15, 0.2) is 0 Å². The first-order valence-electron chi connectivity index (χ1n) is 8.90. The van der Waals surface area contributed by atoms with Crippen LogP contribution in [0.5, 0.6) is 0 Å². The molecule has 0 aromatic heterocycles. The molecule has 3 atom stereocenters. The first-order valence-corrected chi connectivity index (χ1v) is 9.66. The van der Waals surface area contributed by atoms with Crippen molar-refractivity contribution in [3.63, 3.8) is 0 Å². The summed E-state index contributed by atoms with van der Waals surface area (Å²) >= 11 is 12.2. The monoisotopic (exact) mass is 419 g/mol. The van der Waals surface area contributed by atoms with Gasteiger partial charge in [0.25, 0.3) is 0 Å². The number of carboxylic acid groups (broad SMARTS) is 1. The molecule has 1 amide bonds. The van der Waals surface area contributed by atoms with Gasteiger partial charge < -0.3 is 24.6 Å². The number of carbonyl (C=O) groups is 1. The quantitative estimate of drug-likeness (QED) is 0.707. The number of hydrogen-bond acceptors (Lipinski definition) is 4. The first-order chi connectivity index (χ1) is 12.6. The number of rotatable bonds is 5. The fourth-order valence-electron chi connectivity index (χ4n) is 3.10. The Bertz CT molecular complexity index is 649. The molecule has 27 heavy (non-hydrogen) atoms. The van der Waals surface area contributed by atoms with E-state index in [1.54, 1.807) is 12.1 Å². The van der Waals surface area contributed by atoms with Crippen LogP contribution in [0.1, 0.15) is 32.3 Å². The van der Waals surface area contributed by atoms with Crippen molar-refractivity contribution in [1.82, 2.24) is 4.90 Å². The van der Waals surface area contributed by atoms with Crippen LogP contribution in [0, 0.1) is 5.41 Å². The zero-order valence-electron chi connectivity index (χ0n) is 15.8. The molecule has 2 rings (SSSR count). The van der Waals surface area contributed by atoms with E-state index in [0.29, 0.717) is 10.0 Å². The van der Waals surface area contributed by atoms with Gasteiger partial charge in [-0.15, -0.1) is 0 Å². The Labute approximate surface area is 170 Å². The summed E-state index contributed by atoms with van der Waals surface area (Å²) in [5, 5.41) is 19.5. The fourth-order valence-corrected chi connectivity index (χ4v) is 3.40. The van der Waals surface area contributed by atoms with Crippen molar-refractivity contribution in [2.24, 2.45) is 5.41 Å². The van der Waals surface area contributed by atoms with Crippen LogP contribution in [-0.2, 0) is 9.47 Å². The molecule has 1 aromatic rings. The van der Waals surface area contributed by atoms with E-state index in [1.165, 1.54) is 4.90 Å². The predicted octanol–water partition coefficient (Wildman–Crippen LogP) is 3.88. The normalized spacial score (nSPS) is 23.9. The lowest BCUT2D eigenvalue weighted by Gasteiger charge is -2.34. The van der Waals surface area contributed by atoms with Crippen molar-refractivity contribution in [3.05, 3.63) is 33.8 Å². The van der Waals surface area contributed by atoms with Crippen molar-refractivity contribution < 1.29 is 24.5 Å². The number of nitrogens with zero attached hydrogens (tertiary/aromatic N) is 1. The van der Waals surface area contributed by atoms with Crippen LogP contribution in [0.15, 0.2) is 18.2 Å². The van der Waals surface area contributed by atoms with Gasteiger partial charge in [-0.05, 0) is 23.1 Å². The molecule has 6 nitrogen and oxygen atoms in total. The first kappa shape index (κ1) is 22.2. The second-order valence-electron chi connectivity index (χ2n) is 7.80. The Morgan fingerprint density at radius 3 is 2.56 bits per heavy atom. The van der Waals surface area contributed by atoms with Crippen molar-refractivity contribution >= 4 is 29.3 Å². The summed E-state index contributed by atoms with van der Waals surface area (Å²) in [5.41, 5.74) is 0.581. The lowest BCUT2D eigenvalue weighted by atomic mass is 9.88. The standard InChI is InChI=1S/C19H27Cl2NO5/c1-19(2,3)17-10-22(18(24)25)9-13(16(27-17)11-26-7-6-23)12-4-5-14(20)15(21)8-12/h4-5,8,13,16-17,23H,6-7,9-11H2,1-3H3,(H,24,25)/t13-,16-,17+/m1/s1. The highest BCUT2D eigenvalue weighted by atomic mass is 35.5. The van der Waals surface area contributed by atoms with Crippen LogP contribution in [-0.4, -0.2) is 66.3 Å². The molecule has 152 valence electrons. The number of aliphatic hydroxyl groups is 1. The number of benzene rings is 1. The van der Waals surface area contributed by atoms with Gasteiger partial charge >= 0.3 is 6.09 Å². The largest absolute Gasteiger partial charge is 0.465 e. The minimum absolute atomic E-state index is 0.0892. The summed E-state index contributed by atoms with van der Waals surface area (Å²) < 4.78 is 11.9. The number of aliphatic hydroxyl groups excluding tert-OH is 1. The maximum atomic E-state index is 11.8. The van der Waals surface area contributed by atoms with E-state index in [2.05, 4.69) is 0 Å². The molecule has 8 heteroatoms. The number of ether oxygens (including phenoxy) is 2. The number of hydrogen-bond donors (Lipinski definition) is 2. The van der Waals surface area contributed by atoms with Gasteiger partial charge in [-0.25, -0.2) is 4.79 Å². The summed E-state index contributed by atoms with van der Waals surface area (Å²) in [6.45, 7) is 6.92. The van der Waals surface area contributed by atoms with E-state index in [4.69, 9.17) is 37.8 Å². The molecule has 1 aliphatic heterocycles. The summed E-state index contributed by atoms with van der Waals surface area (Å²) in [5.74, 6) is -0.276. The van der Waals surface area contributed by atoms with E-state index in [1.807, 2.05) is 26.8 Å². The summed E-state index contributed by atoms with van der Waals surface area (Å²) in [6, 6.07) is 5.27. The lowest BCUT2D eigenvalue weighted by Crippen LogP contribution is -2.42. The number of amides is 1. The number of halogens is 2. The molecular formula is C19H27Cl2NO5. The summed E-state index contributed by atoms with van der Waals surface area (Å²) in [4.78, 5) is 13.2. The van der Waals surface area contributed by atoms with Gasteiger partial charge in [0, 0.05) is 12.5 Å². The maximum Gasteiger partial charge on any atom is 0.407 e. The van der Waals surface area contributed by atoms with Gasteiger partial charge in [-0.1, -0.05) is 50.0 Å². The second kappa shape index (κ2) is 9.43. The van der Waals surface area contributed by atoms with Gasteiger partial charge in [0.05, 0.1) is 48.6 Å². The minimum Gasteiger partial charge on any atom is -0.465 e. The molecule has 1 heterocycles. The van der Waals surface area contributed by atoms with Crippen molar-refractivity contribution in [2.45, 2.75) is 38.9 Å². The van der Waals surface area contributed by atoms with Crippen molar-refractivity contribution in [1.29, 1.82) is 0 Å². The van der Waals surface area contributed by atoms with Gasteiger partial charge in [-0.3, -0.25) is 0 Å². The Balaban J connectivity index is 2.39. The summed E-state index contributed by atoms with van der Waals surface area (Å²) in [6.07, 6.45) is -1.68. The highest BCUT2D eigenvalue weighted by Gasteiger charge is 2.39. The Morgan fingerprint density at radius 2 is 2.00 bits per heavy atom. The molecule has 2 N–H and O–H groups in total. The second-order valence-corrected chi connectivity index (χ2v) is 8.61. The molecule has 0 saturated carbocycles. The van der Waals surface area contributed by atoms with E-state index >= 15 is 0 Å². The van der Waals surface area contributed by atoms with E-state index < -0.39 is 6.09 Å².